The number of carbonyl (C=O) groups is 1. The molecule has 1 rings (SSSR count). The molecule has 0 aliphatic carbocycles. The molecule has 0 spiro atoms. The highest BCUT2D eigenvalue weighted by molar-refractivity contribution is 9.10. The summed E-state index contributed by atoms with van der Waals surface area (Å²) in [6.45, 7) is -1.86. The van der Waals surface area contributed by atoms with E-state index in [0.717, 1.165) is 0 Å². The van der Waals surface area contributed by atoms with E-state index in [4.69, 9.17) is 4.74 Å². The Labute approximate surface area is 103 Å². The molecule has 1 N–H and O–H groups in total. The molecular formula is C9H8BrF3N2O2. The van der Waals surface area contributed by atoms with Gasteiger partial charge < -0.3 is 10.1 Å². The summed E-state index contributed by atoms with van der Waals surface area (Å²) in [5, 5.41) is 1.69. The van der Waals surface area contributed by atoms with Gasteiger partial charge in [0.1, 0.15) is 12.3 Å². The molecule has 1 aromatic rings. The lowest BCUT2D eigenvalue weighted by Gasteiger charge is -2.09. The summed E-state index contributed by atoms with van der Waals surface area (Å²) in [6.07, 6.45) is -1.56. The maximum absolute atomic E-state index is 11.8. The number of amides is 1. The van der Waals surface area contributed by atoms with E-state index in [9.17, 15) is 18.0 Å². The zero-order valence-electron chi connectivity index (χ0n) is 8.42. The summed E-state index contributed by atoms with van der Waals surface area (Å²) >= 11 is 3.13. The fraction of sp³-hybridized carbons (Fsp3) is 0.333. The predicted molar refractivity (Wildman–Crippen MR) is 56.5 cm³/mol. The molecular weight excluding hydrogens is 305 g/mol. The number of alkyl halides is 3. The second kappa shape index (κ2) is 5.85. The van der Waals surface area contributed by atoms with Crippen LogP contribution < -0.4 is 10.1 Å². The first-order valence-electron chi connectivity index (χ1n) is 4.43. The number of hydrogen-bond donors (Lipinski definition) is 1. The van der Waals surface area contributed by atoms with Gasteiger partial charge in [0.15, 0.2) is 6.61 Å². The molecule has 8 heteroatoms. The van der Waals surface area contributed by atoms with Gasteiger partial charge in [-0.25, -0.2) is 0 Å². The fourth-order valence-electron chi connectivity index (χ4n) is 0.870. The molecule has 1 heterocycles. The molecule has 0 aliphatic rings. The standard InChI is InChI=1S/C9H8BrF3N2O2/c10-6-1-7(3-14-2-6)17-4-8(16)15-5-9(11,12)13/h1-3H,4-5H2,(H,15,16). The average molecular weight is 313 g/mol. The average Bonchev–Trinajstić information content (AvgIpc) is 2.23. The normalized spacial score (nSPS) is 11.1. The summed E-state index contributed by atoms with van der Waals surface area (Å²) < 4.78 is 40.9. The van der Waals surface area contributed by atoms with Crippen LogP contribution in [0.4, 0.5) is 13.2 Å². The van der Waals surface area contributed by atoms with E-state index in [-0.39, 0.29) is 0 Å². The molecule has 4 nitrogen and oxygen atoms in total. The van der Waals surface area contributed by atoms with E-state index < -0.39 is 25.2 Å². The molecule has 0 bridgehead atoms. The van der Waals surface area contributed by atoms with E-state index in [1.807, 2.05) is 0 Å². The smallest absolute Gasteiger partial charge is 0.405 e. The van der Waals surface area contributed by atoms with Gasteiger partial charge in [-0.3, -0.25) is 9.78 Å². The summed E-state index contributed by atoms with van der Waals surface area (Å²) in [4.78, 5) is 14.7. The molecule has 0 aromatic carbocycles. The van der Waals surface area contributed by atoms with Gasteiger partial charge in [0, 0.05) is 10.7 Å². The van der Waals surface area contributed by atoms with Crippen molar-refractivity contribution in [2.45, 2.75) is 6.18 Å². The molecule has 0 radical (unpaired) electrons. The summed E-state index contributed by atoms with van der Waals surface area (Å²) in [6, 6.07) is 1.55. The van der Waals surface area contributed by atoms with Crippen LogP contribution in [0.1, 0.15) is 0 Å². The van der Waals surface area contributed by atoms with Crippen LogP contribution >= 0.6 is 15.9 Å². The second-order valence-electron chi connectivity index (χ2n) is 3.02. The van der Waals surface area contributed by atoms with Crippen molar-refractivity contribution >= 4 is 21.8 Å². The van der Waals surface area contributed by atoms with Crippen LogP contribution in [0.5, 0.6) is 5.75 Å². The molecule has 0 saturated heterocycles. The van der Waals surface area contributed by atoms with Crippen molar-refractivity contribution in [1.82, 2.24) is 10.3 Å². The zero-order valence-corrected chi connectivity index (χ0v) is 10.0. The Morgan fingerprint density at radius 3 is 2.76 bits per heavy atom. The number of ether oxygens (including phenoxy) is 1. The third-order valence-electron chi connectivity index (χ3n) is 1.54. The number of rotatable bonds is 4. The Morgan fingerprint density at radius 2 is 2.18 bits per heavy atom. The number of nitrogens with one attached hydrogen (secondary N) is 1. The van der Waals surface area contributed by atoms with Gasteiger partial charge in [-0.15, -0.1) is 0 Å². The Bertz CT molecular complexity index is 398. The highest BCUT2D eigenvalue weighted by Gasteiger charge is 2.27. The molecule has 17 heavy (non-hydrogen) atoms. The highest BCUT2D eigenvalue weighted by Crippen LogP contribution is 2.15. The van der Waals surface area contributed by atoms with Crippen LogP contribution in [0.3, 0.4) is 0 Å². The van der Waals surface area contributed by atoms with Gasteiger partial charge in [-0.1, -0.05) is 0 Å². The highest BCUT2D eigenvalue weighted by atomic mass is 79.9. The number of pyridine rings is 1. The first-order chi connectivity index (χ1) is 7.87. The van der Waals surface area contributed by atoms with Crippen LogP contribution in [0.25, 0.3) is 0 Å². The van der Waals surface area contributed by atoms with E-state index in [1.54, 1.807) is 11.4 Å². The van der Waals surface area contributed by atoms with Crippen LogP contribution in [-0.4, -0.2) is 30.2 Å². The summed E-state index contributed by atoms with van der Waals surface area (Å²) in [5.41, 5.74) is 0. The maximum Gasteiger partial charge on any atom is 0.405 e. The van der Waals surface area contributed by atoms with Gasteiger partial charge in [-0.2, -0.15) is 13.2 Å². The third kappa shape index (κ3) is 6.10. The molecule has 1 aromatic heterocycles. The number of halogens is 4. The quantitative estimate of drug-likeness (QED) is 0.924. The number of aromatic nitrogens is 1. The summed E-state index contributed by atoms with van der Waals surface area (Å²) in [5.74, 6) is -0.552. The monoisotopic (exact) mass is 312 g/mol. The summed E-state index contributed by atoms with van der Waals surface area (Å²) in [7, 11) is 0. The topological polar surface area (TPSA) is 51.2 Å². The molecule has 0 saturated carbocycles. The first-order valence-corrected chi connectivity index (χ1v) is 5.23. The van der Waals surface area contributed by atoms with Crippen molar-refractivity contribution in [2.24, 2.45) is 0 Å². The second-order valence-corrected chi connectivity index (χ2v) is 3.94. The third-order valence-corrected chi connectivity index (χ3v) is 1.97. The van der Waals surface area contributed by atoms with Gasteiger partial charge in [-0.05, 0) is 22.0 Å². The lowest BCUT2D eigenvalue weighted by atomic mass is 10.4. The van der Waals surface area contributed by atoms with E-state index in [0.29, 0.717) is 10.2 Å². The van der Waals surface area contributed by atoms with Gasteiger partial charge in [0.25, 0.3) is 5.91 Å². The maximum atomic E-state index is 11.8. The fourth-order valence-corrected chi connectivity index (χ4v) is 1.21. The number of hydrogen-bond acceptors (Lipinski definition) is 3. The van der Waals surface area contributed by atoms with Crippen LogP contribution in [0.2, 0.25) is 0 Å². The molecule has 0 fully saturated rings. The minimum atomic E-state index is -4.42. The van der Waals surface area contributed by atoms with E-state index in [2.05, 4.69) is 20.9 Å². The van der Waals surface area contributed by atoms with Gasteiger partial charge in [0.05, 0.1) is 6.20 Å². The Kier molecular flexibility index (Phi) is 4.73. The lowest BCUT2D eigenvalue weighted by Crippen LogP contribution is -2.36. The van der Waals surface area contributed by atoms with Crippen LogP contribution in [0, 0.1) is 0 Å². The van der Waals surface area contributed by atoms with Gasteiger partial charge >= 0.3 is 6.18 Å². The zero-order chi connectivity index (χ0) is 12.9. The van der Waals surface area contributed by atoms with Crippen LogP contribution in [-0.2, 0) is 4.79 Å². The Balaban J connectivity index is 2.33. The molecule has 0 atom stereocenters. The molecule has 1 amide bonds. The Morgan fingerprint density at radius 1 is 1.47 bits per heavy atom. The predicted octanol–water partition coefficient (Wildman–Crippen LogP) is 1.90. The van der Waals surface area contributed by atoms with Crippen molar-refractivity contribution in [1.29, 1.82) is 0 Å². The minimum Gasteiger partial charge on any atom is -0.482 e. The van der Waals surface area contributed by atoms with Crippen molar-refractivity contribution in [3.63, 3.8) is 0 Å². The number of carbonyl (C=O) groups excluding carboxylic acids is 1. The molecule has 0 aliphatic heterocycles. The first kappa shape index (κ1) is 13.8. The SMILES string of the molecule is O=C(COc1cncc(Br)c1)NCC(F)(F)F. The minimum absolute atomic E-state index is 0.293. The van der Waals surface area contributed by atoms with Crippen molar-refractivity contribution in [2.75, 3.05) is 13.2 Å². The molecule has 0 unspecified atom stereocenters. The van der Waals surface area contributed by atoms with Gasteiger partial charge in [0.2, 0.25) is 0 Å². The van der Waals surface area contributed by atoms with Crippen molar-refractivity contribution in [3.05, 3.63) is 22.9 Å². The number of nitrogens with zero attached hydrogens (tertiary/aromatic N) is 1. The van der Waals surface area contributed by atoms with Crippen molar-refractivity contribution in [3.8, 4) is 5.75 Å². The van der Waals surface area contributed by atoms with Crippen LogP contribution in [0.15, 0.2) is 22.9 Å². The Hall–Kier alpha value is -1.31. The van der Waals surface area contributed by atoms with E-state index >= 15 is 0 Å². The molecule has 94 valence electrons. The van der Waals surface area contributed by atoms with Crippen molar-refractivity contribution < 1.29 is 22.7 Å². The lowest BCUT2D eigenvalue weighted by molar-refractivity contribution is -0.139. The largest absolute Gasteiger partial charge is 0.482 e. The van der Waals surface area contributed by atoms with E-state index in [1.165, 1.54) is 12.4 Å².